The Bertz CT molecular complexity index is 1620. The Balaban J connectivity index is 1.77. The SMILES string of the molecule is CC(C)CNC(=O)[C@H](Cc1ccccc1)N(Cc1ccc(Br)cc1)C(=O)CN(c1cccc2ccccc12)S(C)(=O)=O. The van der Waals surface area contributed by atoms with E-state index < -0.39 is 28.5 Å². The number of hydrogen-bond acceptors (Lipinski definition) is 4. The van der Waals surface area contributed by atoms with Crippen molar-refractivity contribution in [1.29, 1.82) is 0 Å². The molecule has 0 spiro atoms. The van der Waals surface area contributed by atoms with Crippen molar-refractivity contribution in [2.24, 2.45) is 5.92 Å². The van der Waals surface area contributed by atoms with Gasteiger partial charge in [0.05, 0.1) is 11.9 Å². The molecule has 1 N–H and O–H groups in total. The normalized spacial score (nSPS) is 12.2. The van der Waals surface area contributed by atoms with Crippen molar-refractivity contribution in [3.8, 4) is 0 Å². The summed E-state index contributed by atoms with van der Waals surface area (Å²) in [6.07, 6.45) is 1.37. The van der Waals surface area contributed by atoms with Crippen LogP contribution in [0.15, 0.2) is 102 Å². The number of carbonyl (C=O) groups excluding carboxylic acids is 2. The minimum absolute atomic E-state index is 0.131. The fourth-order valence-corrected chi connectivity index (χ4v) is 5.91. The highest BCUT2D eigenvalue weighted by atomic mass is 79.9. The van der Waals surface area contributed by atoms with Gasteiger partial charge in [-0.1, -0.05) is 109 Å². The van der Waals surface area contributed by atoms with E-state index in [9.17, 15) is 18.0 Å². The van der Waals surface area contributed by atoms with Crippen LogP contribution in [0, 0.1) is 5.92 Å². The first-order chi connectivity index (χ1) is 20.0. The quantitative estimate of drug-likeness (QED) is 0.211. The fraction of sp³-hybridized carbons (Fsp3) is 0.273. The molecule has 0 fully saturated rings. The zero-order valence-corrected chi connectivity index (χ0v) is 26.4. The molecule has 0 aliphatic carbocycles. The van der Waals surface area contributed by atoms with Gasteiger partial charge >= 0.3 is 0 Å². The van der Waals surface area contributed by atoms with Gasteiger partial charge in [-0.15, -0.1) is 0 Å². The minimum atomic E-state index is -3.86. The van der Waals surface area contributed by atoms with Gasteiger partial charge in [-0.25, -0.2) is 8.42 Å². The molecule has 0 saturated carbocycles. The van der Waals surface area contributed by atoms with Crippen LogP contribution in [-0.2, 0) is 32.6 Å². The van der Waals surface area contributed by atoms with E-state index in [1.165, 1.54) is 4.90 Å². The van der Waals surface area contributed by atoms with Gasteiger partial charge in [0.25, 0.3) is 0 Å². The van der Waals surface area contributed by atoms with E-state index in [1.54, 1.807) is 12.1 Å². The Morgan fingerprint density at radius 3 is 2.14 bits per heavy atom. The molecule has 4 aromatic carbocycles. The molecule has 2 amide bonds. The molecule has 0 saturated heterocycles. The van der Waals surface area contributed by atoms with E-state index in [1.807, 2.05) is 98.8 Å². The Hall–Kier alpha value is -3.69. The van der Waals surface area contributed by atoms with Gasteiger partial charge in [0.15, 0.2) is 0 Å². The van der Waals surface area contributed by atoms with Crippen LogP contribution < -0.4 is 9.62 Å². The second-order valence-corrected chi connectivity index (χ2v) is 13.6. The molecule has 0 aromatic heterocycles. The van der Waals surface area contributed by atoms with Crippen molar-refractivity contribution < 1.29 is 18.0 Å². The molecule has 220 valence electrons. The predicted molar refractivity (Wildman–Crippen MR) is 173 cm³/mol. The first kappa shape index (κ1) is 31.3. The second kappa shape index (κ2) is 14.0. The van der Waals surface area contributed by atoms with Gasteiger partial charge in [-0.3, -0.25) is 13.9 Å². The van der Waals surface area contributed by atoms with Crippen molar-refractivity contribution in [2.45, 2.75) is 32.9 Å². The number of carbonyl (C=O) groups is 2. The minimum Gasteiger partial charge on any atom is -0.354 e. The van der Waals surface area contributed by atoms with E-state index in [4.69, 9.17) is 0 Å². The van der Waals surface area contributed by atoms with Gasteiger partial charge < -0.3 is 10.2 Å². The molecule has 42 heavy (non-hydrogen) atoms. The highest BCUT2D eigenvalue weighted by Crippen LogP contribution is 2.29. The van der Waals surface area contributed by atoms with Crippen molar-refractivity contribution in [2.75, 3.05) is 23.7 Å². The first-order valence-corrected chi connectivity index (χ1v) is 16.5. The molecule has 0 aliphatic heterocycles. The number of amides is 2. The lowest BCUT2D eigenvalue weighted by molar-refractivity contribution is -0.140. The monoisotopic (exact) mass is 649 g/mol. The first-order valence-electron chi connectivity index (χ1n) is 13.8. The summed E-state index contributed by atoms with van der Waals surface area (Å²) in [5.74, 6) is -0.542. The van der Waals surface area contributed by atoms with Crippen LogP contribution in [0.2, 0.25) is 0 Å². The standard InChI is InChI=1S/C33H36BrN3O4S/c1-24(2)21-35-33(39)31(20-25-10-5-4-6-11-25)36(22-26-16-18-28(34)19-17-26)32(38)23-37(42(3,40)41)30-15-9-13-27-12-7-8-14-29(27)30/h4-19,24,31H,20-23H2,1-3H3,(H,35,39)/t31-/m0/s1. The van der Waals surface area contributed by atoms with Crippen molar-refractivity contribution in [3.05, 3.63) is 113 Å². The molecule has 4 rings (SSSR count). The maximum absolute atomic E-state index is 14.3. The van der Waals surface area contributed by atoms with Gasteiger partial charge in [-0.05, 0) is 40.6 Å². The third kappa shape index (κ3) is 8.20. The van der Waals surface area contributed by atoms with Crippen LogP contribution in [0.1, 0.15) is 25.0 Å². The lowest BCUT2D eigenvalue weighted by atomic mass is 10.0. The van der Waals surface area contributed by atoms with E-state index in [0.29, 0.717) is 17.6 Å². The van der Waals surface area contributed by atoms with Crippen molar-refractivity contribution >= 4 is 54.2 Å². The topological polar surface area (TPSA) is 86.8 Å². The second-order valence-electron chi connectivity index (χ2n) is 10.8. The fourth-order valence-electron chi connectivity index (χ4n) is 4.78. The third-order valence-corrected chi connectivity index (χ3v) is 8.59. The molecule has 0 radical (unpaired) electrons. The molecule has 0 heterocycles. The van der Waals surface area contributed by atoms with Crippen LogP contribution in [0.4, 0.5) is 5.69 Å². The zero-order chi connectivity index (χ0) is 30.3. The summed E-state index contributed by atoms with van der Waals surface area (Å²) >= 11 is 3.45. The van der Waals surface area contributed by atoms with E-state index in [2.05, 4.69) is 21.2 Å². The Morgan fingerprint density at radius 1 is 0.833 bits per heavy atom. The lowest BCUT2D eigenvalue weighted by Gasteiger charge is -2.34. The molecule has 0 bridgehead atoms. The number of nitrogens with zero attached hydrogens (tertiary/aromatic N) is 2. The molecule has 9 heteroatoms. The number of sulfonamides is 1. The summed E-state index contributed by atoms with van der Waals surface area (Å²) in [6, 6.07) is 29.0. The summed E-state index contributed by atoms with van der Waals surface area (Å²) in [5, 5.41) is 4.57. The van der Waals surface area contributed by atoms with E-state index >= 15 is 0 Å². The van der Waals surface area contributed by atoms with Crippen LogP contribution >= 0.6 is 15.9 Å². The predicted octanol–water partition coefficient (Wildman–Crippen LogP) is 5.78. The molecule has 0 aliphatic rings. The Labute approximate surface area is 256 Å². The third-order valence-electron chi connectivity index (χ3n) is 6.94. The average molecular weight is 651 g/mol. The van der Waals surface area contributed by atoms with E-state index in [0.717, 1.165) is 31.5 Å². The largest absolute Gasteiger partial charge is 0.354 e. The molecule has 4 aromatic rings. The van der Waals surface area contributed by atoms with Gasteiger partial charge in [0.2, 0.25) is 21.8 Å². The molecular weight excluding hydrogens is 614 g/mol. The summed E-state index contributed by atoms with van der Waals surface area (Å²) in [4.78, 5) is 29.5. The molecule has 1 atom stereocenters. The highest BCUT2D eigenvalue weighted by molar-refractivity contribution is 9.10. The molecule has 7 nitrogen and oxygen atoms in total. The van der Waals surface area contributed by atoms with Gasteiger partial charge in [0, 0.05) is 29.4 Å². The van der Waals surface area contributed by atoms with E-state index in [-0.39, 0.29) is 24.8 Å². The van der Waals surface area contributed by atoms with Crippen LogP contribution in [0.25, 0.3) is 10.8 Å². The van der Waals surface area contributed by atoms with Crippen LogP contribution in [0.3, 0.4) is 0 Å². The van der Waals surface area contributed by atoms with Gasteiger partial charge in [0.1, 0.15) is 12.6 Å². The highest BCUT2D eigenvalue weighted by Gasteiger charge is 2.33. The molecule has 0 unspecified atom stereocenters. The van der Waals surface area contributed by atoms with Crippen molar-refractivity contribution in [1.82, 2.24) is 10.2 Å². The average Bonchev–Trinajstić information content (AvgIpc) is 2.97. The van der Waals surface area contributed by atoms with Gasteiger partial charge in [-0.2, -0.15) is 0 Å². The van der Waals surface area contributed by atoms with Crippen LogP contribution in [-0.4, -0.2) is 50.5 Å². The number of fused-ring (bicyclic) bond motifs is 1. The number of nitrogens with one attached hydrogen (secondary N) is 1. The summed E-state index contributed by atoms with van der Waals surface area (Å²) in [6.45, 7) is 4.14. The number of rotatable bonds is 12. The summed E-state index contributed by atoms with van der Waals surface area (Å²) in [7, 11) is -3.86. The lowest BCUT2D eigenvalue weighted by Crippen LogP contribution is -2.53. The number of halogens is 1. The number of benzene rings is 4. The maximum atomic E-state index is 14.3. The number of anilines is 1. The smallest absolute Gasteiger partial charge is 0.244 e. The molecular formula is C33H36BrN3O4S. The zero-order valence-electron chi connectivity index (χ0n) is 24.0. The maximum Gasteiger partial charge on any atom is 0.244 e. The Morgan fingerprint density at radius 2 is 1.48 bits per heavy atom. The number of hydrogen-bond donors (Lipinski definition) is 1. The Kier molecular flexibility index (Phi) is 10.4. The summed E-state index contributed by atoms with van der Waals surface area (Å²) < 4.78 is 28.4. The van der Waals surface area contributed by atoms with Crippen LogP contribution in [0.5, 0.6) is 0 Å². The van der Waals surface area contributed by atoms with Crippen molar-refractivity contribution in [3.63, 3.8) is 0 Å². The summed E-state index contributed by atoms with van der Waals surface area (Å²) in [5.41, 5.74) is 2.12.